The molecule has 6 heteroatoms. The van der Waals surface area contributed by atoms with Gasteiger partial charge in [0.25, 0.3) is 0 Å². The van der Waals surface area contributed by atoms with Crippen LogP contribution < -0.4 is 5.32 Å². The van der Waals surface area contributed by atoms with Crippen LogP contribution in [0.5, 0.6) is 0 Å². The first-order valence-electron chi connectivity index (χ1n) is 6.71. The van der Waals surface area contributed by atoms with Crippen molar-refractivity contribution >= 4 is 12.0 Å². The van der Waals surface area contributed by atoms with Crippen molar-refractivity contribution in [3.8, 4) is 0 Å². The van der Waals surface area contributed by atoms with E-state index in [4.69, 9.17) is 9.52 Å². The Bertz CT molecular complexity index is 417. The van der Waals surface area contributed by atoms with Crippen molar-refractivity contribution in [2.24, 2.45) is 5.92 Å². The van der Waals surface area contributed by atoms with E-state index in [1.165, 1.54) is 0 Å². The number of carboxylic acids is 1. The number of carboxylic acid groups (broad SMARTS) is 1. The molecule has 0 saturated carbocycles. The van der Waals surface area contributed by atoms with Crippen LogP contribution in [0.4, 0.5) is 4.79 Å². The lowest BCUT2D eigenvalue weighted by molar-refractivity contribution is -0.137. The molecule has 0 aromatic carbocycles. The zero-order valence-electron chi connectivity index (χ0n) is 12.0. The van der Waals surface area contributed by atoms with E-state index in [9.17, 15) is 9.59 Å². The van der Waals surface area contributed by atoms with E-state index < -0.39 is 5.97 Å². The first kappa shape index (κ1) is 16.1. The summed E-state index contributed by atoms with van der Waals surface area (Å²) in [7, 11) is 1.72. The zero-order chi connectivity index (χ0) is 15.0. The number of carbonyl (C=O) groups is 2. The summed E-state index contributed by atoms with van der Waals surface area (Å²) >= 11 is 0. The standard InChI is InChI=1S/C14H22N2O4/c1-11(3-4-13(17)18)5-7-15-14(19)16(2)9-12-6-8-20-10-12/h6,8,10-11H,3-5,7,9H2,1-2H3,(H,15,19)(H,17,18). The molecule has 0 aliphatic rings. The van der Waals surface area contributed by atoms with Crippen molar-refractivity contribution in [3.63, 3.8) is 0 Å². The van der Waals surface area contributed by atoms with Gasteiger partial charge in [-0.1, -0.05) is 6.92 Å². The van der Waals surface area contributed by atoms with Gasteiger partial charge >= 0.3 is 12.0 Å². The maximum atomic E-state index is 11.8. The Hall–Kier alpha value is -1.98. The lowest BCUT2D eigenvalue weighted by Gasteiger charge is -2.18. The third-order valence-corrected chi connectivity index (χ3v) is 3.11. The van der Waals surface area contributed by atoms with Gasteiger partial charge in [0.05, 0.1) is 19.1 Å². The number of aliphatic carboxylic acids is 1. The minimum atomic E-state index is -0.777. The number of nitrogens with zero attached hydrogens (tertiary/aromatic N) is 1. The van der Waals surface area contributed by atoms with Gasteiger partial charge in [-0.15, -0.1) is 0 Å². The number of hydrogen-bond acceptors (Lipinski definition) is 3. The summed E-state index contributed by atoms with van der Waals surface area (Å²) in [5.41, 5.74) is 0.942. The van der Waals surface area contributed by atoms with Crippen LogP contribution in [-0.4, -0.2) is 35.6 Å². The highest BCUT2D eigenvalue weighted by Gasteiger charge is 2.10. The van der Waals surface area contributed by atoms with Crippen molar-refractivity contribution in [3.05, 3.63) is 24.2 Å². The summed E-state index contributed by atoms with van der Waals surface area (Å²) in [6.45, 7) is 3.04. The minimum absolute atomic E-state index is 0.142. The SMILES string of the molecule is CC(CCNC(=O)N(C)Cc1ccoc1)CCC(=O)O. The van der Waals surface area contributed by atoms with E-state index in [-0.39, 0.29) is 18.4 Å². The number of amides is 2. The average Bonchev–Trinajstić information content (AvgIpc) is 2.89. The predicted octanol–water partition coefficient (Wildman–Crippen LogP) is 2.31. The van der Waals surface area contributed by atoms with E-state index >= 15 is 0 Å². The highest BCUT2D eigenvalue weighted by atomic mass is 16.4. The van der Waals surface area contributed by atoms with Crippen molar-refractivity contribution in [1.82, 2.24) is 10.2 Å². The van der Waals surface area contributed by atoms with E-state index in [0.717, 1.165) is 12.0 Å². The largest absolute Gasteiger partial charge is 0.481 e. The van der Waals surface area contributed by atoms with Crippen LogP contribution in [-0.2, 0) is 11.3 Å². The summed E-state index contributed by atoms with van der Waals surface area (Å²) < 4.78 is 4.95. The molecule has 1 atom stereocenters. The third-order valence-electron chi connectivity index (χ3n) is 3.11. The molecule has 1 heterocycles. The highest BCUT2D eigenvalue weighted by molar-refractivity contribution is 5.73. The first-order chi connectivity index (χ1) is 9.49. The van der Waals surface area contributed by atoms with E-state index in [1.54, 1.807) is 24.5 Å². The summed E-state index contributed by atoms with van der Waals surface area (Å²) in [6, 6.07) is 1.68. The second kappa shape index (κ2) is 8.24. The fourth-order valence-electron chi connectivity index (χ4n) is 1.80. The van der Waals surface area contributed by atoms with Crippen LogP contribution >= 0.6 is 0 Å². The van der Waals surface area contributed by atoms with Crippen molar-refractivity contribution in [2.75, 3.05) is 13.6 Å². The van der Waals surface area contributed by atoms with E-state index in [1.807, 2.05) is 13.0 Å². The van der Waals surface area contributed by atoms with Crippen LogP contribution in [0.25, 0.3) is 0 Å². The van der Waals surface area contributed by atoms with Gasteiger partial charge in [-0.2, -0.15) is 0 Å². The molecule has 0 saturated heterocycles. The summed E-state index contributed by atoms with van der Waals surface area (Å²) in [6.07, 6.45) is 4.77. The Morgan fingerprint density at radius 1 is 1.45 bits per heavy atom. The second-order valence-corrected chi connectivity index (χ2v) is 5.05. The monoisotopic (exact) mass is 282 g/mol. The smallest absolute Gasteiger partial charge is 0.317 e. The molecule has 20 heavy (non-hydrogen) atoms. The number of rotatable bonds is 8. The Kier molecular flexibility index (Phi) is 6.63. The Morgan fingerprint density at radius 3 is 2.80 bits per heavy atom. The molecule has 1 aromatic heterocycles. The fourth-order valence-corrected chi connectivity index (χ4v) is 1.80. The molecule has 0 spiro atoms. The van der Waals surface area contributed by atoms with Crippen molar-refractivity contribution < 1.29 is 19.1 Å². The second-order valence-electron chi connectivity index (χ2n) is 5.05. The van der Waals surface area contributed by atoms with Gasteiger partial charge in [0.15, 0.2) is 0 Å². The highest BCUT2D eigenvalue weighted by Crippen LogP contribution is 2.09. The molecular formula is C14H22N2O4. The lowest BCUT2D eigenvalue weighted by Crippen LogP contribution is -2.37. The molecule has 2 N–H and O–H groups in total. The molecule has 1 aromatic rings. The Labute approximate surface area is 118 Å². The normalized spacial score (nSPS) is 11.9. The van der Waals surface area contributed by atoms with Gasteiger partial charge in [-0.05, 0) is 24.8 Å². The third kappa shape index (κ3) is 6.26. The van der Waals surface area contributed by atoms with Crippen LogP contribution in [0.1, 0.15) is 31.7 Å². The maximum absolute atomic E-state index is 11.8. The Balaban J connectivity index is 2.17. The predicted molar refractivity (Wildman–Crippen MR) is 74.2 cm³/mol. The first-order valence-corrected chi connectivity index (χ1v) is 6.71. The van der Waals surface area contributed by atoms with Gasteiger partial charge in [-0.3, -0.25) is 4.79 Å². The zero-order valence-corrected chi connectivity index (χ0v) is 12.0. The summed E-state index contributed by atoms with van der Waals surface area (Å²) in [5, 5.41) is 11.4. The lowest BCUT2D eigenvalue weighted by atomic mass is 10.0. The number of carbonyl (C=O) groups excluding carboxylic acids is 1. The van der Waals surface area contributed by atoms with Crippen molar-refractivity contribution in [1.29, 1.82) is 0 Å². The fraction of sp³-hybridized carbons (Fsp3) is 0.571. The van der Waals surface area contributed by atoms with Crippen LogP contribution in [0.15, 0.2) is 23.0 Å². The van der Waals surface area contributed by atoms with Crippen molar-refractivity contribution in [2.45, 2.75) is 32.7 Å². The van der Waals surface area contributed by atoms with Crippen LogP contribution in [0, 0.1) is 5.92 Å². The average molecular weight is 282 g/mol. The quantitative estimate of drug-likeness (QED) is 0.766. The molecule has 0 fully saturated rings. The molecule has 0 aliphatic carbocycles. The van der Waals surface area contributed by atoms with E-state index in [2.05, 4.69) is 5.32 Å². The molecule has 0 aliphatic heterocycles. The minimum Gasteiger partial charge on any atom is -0.481 e. The molecular weight excluding hydrogens is 260 g/mol. The number of hydrogen-bond donors (Lipinski definition) is 2. The van der Waals surface area contributed by atoms with Gasteiger partial charge in [-0.25, -0.2) is 4.79 Å². The summed E-state index contributed by atoms with van der Waals surface area (Å²) in [5.74, 6) is -0.494. The van der Waals surface area contributed by atoms with E-state index in [0.29, 0.717) is 19.5 Å². The molecule has 112 valence electrons. The van der Waals surface area contributed by atoms with Gasteiger partial charge in [0, 0.05) is 25.6 Å². The molecule has 1 rings (SSSR count). The van der Waals surface area contributed by atoms with Crippen LogP contribution in [0.2, 0.25) is 0 Å². The number of furan rings is 1. The molecule has 0 radical (unpaired) electrons. The molecule has 1 unspecified atom stereocenters. The molecule has 6 nitrogen and oxygen atoms in total. The van der Waals surface area contributed by atoms with Crippen LogP contribution in [0.3, 0.4) is 0 Å². The maximum Gasteiger partial charge on any atom is 0.317 e. The van der Waals surface area contributed by atoms with Gasteiger partial charge in [0.1, 0.15) is 0 Å². The summed E-state index contributed by atoms with van der Waals surface area (Å²) in [4.78, 5) is 23.8. The number of nitrogens with one attached hydrogen (secondary N) is 1. The molecule has 2 amide bonds. The molecule has 0 bridgehead atoms. The van der Waals surface area contributed by atoms with Gasteiger partial charge in [0.2, 0.25) is 0 Å². The van der Waals surface area contributed by atoms with Gasteiger partial charge < -0.3 is 19.7 Å². The number of urea groups is 1. The topological polar surface area (TPSA) is 82.8 Å². The Morgan fingerprint density at radius 2 is 2.20 bits per heavy atom.